The van der Waals surface area contributed by atoms with Gasteiger partial charge in [-0.1, -0.05) is 23.7 Å². The summed E-state index contributed by atoms with van der Waals surface area (Å²) < 4.78 is 7.56. The predicted octanol–water partition coefficient (Wildman–Crippen LogP) is 3.56. The molecule has 2 aromatic heterocycles. The Hall–Kier alpha value is -2.14. The quantitative estimate of drug-likeness (QED) is 0.742. The molecule has 0 fully saturated rings. The van der Waals surface area contributed by atoms with E-state index >= 15 is 0 Å². The largest absolute Gasteiger partial charge is 0.441 e. The standard InChI is InChI=1S/C15H15ClN4O/c1-9-14(8-20-11(3)17-10(2)19-20)18-15(21-9)12-6-4-5-7-13(12)16/h4-7H,8H2,1-3H3. The average Bonchev–Trinajstić information content (AvgIpc) is 2.94. The van der Waals surface area contributed by atoms with Gasteiger partial charge in [-0.2, -0.15) is 5.10 Å². The van der Waals surface area contributed by atoms with E-state index in [0.29, 0.717) is 17.5 Å². The molecule has 0 aliphatic heterocycles. The van der Waals surface area contributed by atoms with Gasteiger partial charge in [-0.3, -0.25) is 0 Å². The van der Waals surface area contributed by atoms with E-state index < -0.39 is 0 Å². The predicted molar refractivity (Wildman–Crippen MR) is 80.3 cm³/mol. The van der Waals surface area contributed by atoms with Crippen molar-refractivity contribution in [3.8, 4) is 11.5 Å². The monoisotopic (exact) mass is 302 g/mol. The molecule has 108 valence electrons. The van der Waals surface area contributed by atoms with E-state index in [9.17, 15) is 0 Å². The fraction of sp³-hybridized carbons (Fsp3) is 0.267. The summed E-state index contributed by atoms with van der Waals surface area (Å²) in [5, 5.41) is 4.97. The minimum atomic E-state index is 0.530. The number of oxazole rings is 1. The third kappa shape index (κ3) is 2.69. The maximum absolute atomic E-state index is 6.18. The molecule has 3 aromatic rings. The minimum absolute atomic E-state index is 0.530. The number of hydrogen-bond acceptors (Lipinski definition) is 4. The van der Waals surface area contributed by atoms with Gasteiger partial charge in [0.25, 0.3) is 0 Å². The Morgan fingerprint density at radius 1 is 1.14 bits per heavy atom. The first-order valence-electron chi connectivity index (χ1n) is 6.64. The van der Waals surface area contributed by atoms with Gasteiger partial charge >= 0.3 is 0 Å². The van der Waals surface area contributed by atoms with Gasteiger partial charge in [-0.05, 0) is 32.9 Å². The van der Waals surface area contributed by atoms with Crippen LogP contribution in [0.25, 0.3) is 11.5 Å². The number of benzene rings is 1. The molecule has 21 heavy (non-hydrogen) atoms. The van der Waals surface area contributed by atoms with Crippen LogP contribution in [0, 0.1) is 20.8 Å². The highest BCUT2D eigenvalue weighted by molar-refractivity contribution is 6.33. The SMILES string of the molecule is Cc1nc(C)n(Cc2nc(-c3ccccc3Cl)oc2C)n1. The van der Waals surface area contributed by atoms with Crippen LogP contribution in [0.2, 0.25) is 5.02 Å². The Morgan fingerprint density at radius 2 is 1.90 bits per heavy atom. The normalized spacial score (nSPS) is 11.0. The number of halogens is 1. The number of rotatable bonds is 3. The molecule has 0 unspecified atom stereocenters. The van der Waals surface area contributed by atoms with Gasteiger partial charge in [0, 0.05) is 0 Å². The van der Waals surface area contributed by atoms with Crippen LogP contribution in [0.5, 0.6) is 0 Å². The van der Waals surface area contributed by atoms with Crippen molar-refractivity contribution in [2.75, 3.05) is 0 Å². The van der Waals surface area contributed by atoms with Crippen molar-refractivity contribution < 1.29 is 4.42 Å². The fourth-order valence-corrected chi connectivity index (χ4v) is 2.39. The van der Waals surface area contributed by atoms with Gasteiger partial charge in [0.1, 0.15) is 23.1 Å². The highest BCUT2D eigenvalue weighted by Gasteiger charge is 2.15. The molecule has 5 nitrogen and oxygen atoms in total. The first-order chi connectivity index (χ1) is 10.0. The van der Waals surface area contributed by atoms with Crippen molar-refractivity contribution in [3.63, 3.8) is 0 Å². The first kappa shape index (κ1) is 13.8. The second-order valence-electron chi connectivity index (χ2n) is 4.87. The summed E-state index contributed by atoms with van der Waals surface area (Å²) in [6.07, 6.45) is 0. The van der Waals surface area contributed by atoms with Crippen LogP contribution >= 0.6 is 11.6 Å². The Labute approximate surface area is 127 Å². The van der Waals surface area contributed by atoms with Crippen LogP contribution in [-0.4, -0.2) is 19.7 Å². The first-order valence-corrected chi connectivity index (χ1v) is 7.01. The van der Waals surface area contributed by atoms with Crippen molar-refractivity contribution in [1.29, 1.82) is 0 Å². The molecule has 0 aliphatic carbocycles. The van der Waals surface area contributed by atoms with E-state index in [1.165, 1.54) is 0 Å². The van der Waals surface area contributed by atoms with E-state index in [-0.39, 0.29) is 0 Å². The molecule has 2 heterocycles. The zero-order valence-corrected chi connectivity index (χ0v) is 12.8. The lowest BCUT2D eigenvalue weighted by Crippen LogP contribution is -2.05. The second kappa shape index (κ2) is 5.33. The molecule has 3 rings (SSSR count). The molecule has 0 radical (unpaired) electrons. The molecule has 0 spiro atoms. The van der Waals surface area contributed by atoms with E-state index in [1.807, 2.05) is 49.7 Å². The lowest BCUT2D eigenvalue weighted by molar-refractivity contribution is 0.535. The number of aromatic nitrogens is 4. The zero-order valence-electron chi connectivity index (χ0n) is 12.1. The van der Waals surface area contributed by atoms with Gasteiger partial charge in [-0.15, -0.1) is 0 Å². The van der Waals surface area contributed by atoms with E-state index in [0.717, 1.165) is 28.7 Å². The number of nitrogens with zero attached hydrogens (tertiary/aromatic N) is 4. The smallest absolute Gasteiger partial charge is 0.228 e. The van der Waals surface area contributed by atoms with Gasteiger partial charge in [-0.25, -0.2) is 14.6 Å². The fourth-order valence-electron chi connectivity index (χ4n) is 2.18. The van der Waals surface area contributed by atoms with Crippen molar-refractivity contribution >= 4 is 11.6 Å². The highest BCUT2D eigenvalue weighted by atomic mass is 35.5. The number of hydrogen-bond donors (Lipinski definition) is 0. The maximum atomic E-state index is 6.18. The van der Waals surface area contributed by atoms with Crippen molar-refractivity contribution in [2.24, 2.45) is 0 Å². The summed E-state index contributed by atoms with van der Waals surface area (Å²) >= 11 is 6.18. The summed E-state index contributed by atoms with van der Waals surface area (Å²) in [4.78, 5) is 8.84. The van der Waals surface area contributed by atoms with Crippen LogP contribution in [0.15, 0.2) is 28.7 Å². The van der Waals surface area contributed by atoms with Crippen LogP contribution < -0.4 is 0 Å². The molecule has 0 atom stereocenters. The van der Waals surface area contributed by atoms with Crippen molar-refractivity contribution in [3.05, 3.63) is 52.4 Å². The molecule has 0 saturated heterocycles. The summed E-state index contributed by atoms with van der Waals surface area (Å²) in [6, 6.07) is 7.50. The van der Waals surface area contributed by atoms with Crippen LogP contribution in [0.4, 0.5) is 0 Å². The van der Waals surface area contributed by atoms with Gasteiger partial charge in [0.05, 0.1) is 17.1 Å². The number of aryl methyl sites for hydroxylation is 3. The lowest BCUT2D eigenvalue weighted by Gasteiger charge is -1.99. The molecular weight excluding hydrogens is 288 g/mol. The van der Waals surface area contributed by atoms with Crippen LogP contribution in [0.1, 0.15) is 23.1 Å². The second-order valence-corrected chi connectivity index (χ2v) is 5.27. The molecule has 0 saturated carbocycles. The van der Waals surface area contributed by atoms with E-state index in [2.05, 4.69) is 15.1 Å². The van der Waals surface area contributed by atoms with Crippen molar-refractivity contribution in [2.45, 2.75) is 27.3 Å². The molecule has 0 N–H and O–H groups in total. The highest BCUT2D eigenvalue weighted by Crippen LogP contribution is 2.28. The Morgan fingerprint density at radius 3 is 2.57 bits per heavy atom. The third-order valence-corrected chi connectivity index (χ3v) is 3.59. The third-order valence-electron chi connectivity index (χ3n) is 3.26. The molecular formula is C15H15ClN4O. The maximum Gasteiger partial charge on any atom is 0.228 e. The molecule has 0 aliphatic rings. The van der Waals surface area contributed by atoms with E-state index in [1.54, 1.807) is 0 Å². The molecule has 1 aromatic carbocycles. The summed E-state index contributed by atoms with van der Waals surface area (Å²) in [7, 11) is 0. The van der Waals surface area contributed by atoms with Gasteiger partial charge in [0.15, 0.2) is 0 Å². The molecule has 0 amide bonds. The topological polar surface area (TPSA) is 56.7 Å². The Bertz CT molecular complexity index is 791. The summed E-state index contributed by atoms with van der Waals surface area (Å²) in [6.45, 7) is 6.22. The Balaban J connectivity index is 1.95. The summed E-state index contributed by atoms with van der Waals surface area (Å²) in [5.74, 6) is 2.90. The lowest BCUT2D eigenvalue weighted by atomic mass is 10.2. The van der Waals surface area contributed by atoms with Gasteiger partial charge in [0.2, 0.25) is 5.89 Å². The average molecular weight is 303 g/mol. The van der Waals surface area contributed by atoms with Crippen molar-refractivity contribution in [1.82, 2.24) is 19.7 Å². The van der Waals surface area contributed by atoms with Gasteiger partial charge < -0.3 is 4.42 Å². The Kier molecular flexibility index (Phi) is 3.51. The zero-order chi connectivity index (χ0) is 15.0. The summed E-state index contributed by atoms with van der Waals surface area (Å²) in [5.41, 5.74) is 1.62. The van der Waals surface area contributed by atoms with E-state index in [4.69, 9.17) is 16.0 Å². The van der Waals surface area contributed by atoms with Crippen LogP contribution in [-0.2, 0) is 6.54 Å². The molecule has 6 heteroatoms. The molecule has 0 bridgehead atoms. The van der Waals surface area contributed by atoms with Crippen LogP contribution in [0.3, 0.4) is 0 Å². The minimum Gasteiger partial charge on any atom is -0.441 e.